The molecule has 0 spiro atoms. The van der Waals surface area contributed by atoms with E-state index < -0.39 is 0 Å². The van der Waals surface area contributed by atoms with Gasteiger partial charge in [-0.3, -0.25) is 4.79 Å². The SMILES string of the molecule is Cc1ccccc1C1CC1C(=O)NCC1NCCc2ccccc21. The molecule has 2 N–H and O–H groups in total. The molecule has 1 heterocycles. The first-order valence-electron chi connectivity index (χ1n) is 8.88. The molecule has 3 nitrogen and oxygen atoms in total. The zero-order valence-corrected chi connectivity index (χ0v) is 14.1. The Morgan fingerprint density at radius 1 is 1.12 bits per heavy atom. The third-order valence-corrected chi connectivity index (χ3v) is 5.41. The minimum atomic E-state index is 0.143. The molecule has 1 aliphatic carbocycles. The fraction of sp³-hybridized carbons (Fsp3) is 0.381. The summed E-state index contributed by atoms with van der Waals surface area (Å²) in [6, 6.07) is 17.2. The first kappa shape index (κ1) is 15.4. The Bertz CT molecular complexity index is 755. The highest BCUT2D eigenvalue weighted by molar-refractivity contribution is 5.83. The molecule has 0 bridgehead atoms. The summed E-state index contributed by atoms with van der Waals surface area (Å²) in [5.74, 6) is 0.746. The van der Waals surface area contributed by atoms with E-state index in [1.807, 2.05) is 0 Å². The van der Waals surface area contributed by atoms with Gasteiger partial charge in [-0.25, -0.2) is 0 Å². The van der Waals surface area contributed by atoms with Crippen LogP contribution in [-0.4, -0.2) is 19.0 Å². The number of nitrogens with one attached hydrogen (secondary N) is 2. The summed E-state index contributed by atoms with van der Waals surface area (Å²) >= 11 is 0. The lowest BCUT2D eigenvalue weighted by molar-refractivity contribution is -0.122. The molecule has 2 aromatic rings. The average Bonchev–Trinajstić information content (AvgIpc) is 3.40. The molecule has 3 atom stereocenters. The maximum Gasteiger partial charge on any atom is 0.223 e. The van der Waals surface area contributed by atoms with Crippen molar-refractivity contribution in [3.8, 4) is 0 Å². The van der Waals surface area contributed by atoms with Gasteiger partial charge < -0.3 is 10.6 Å². The van der Waals surface area contributed by atoms with Crippen LogP contribution < -0.4 is 10.6 Å². The highest BCUT2D eigenvalue weighted by atomic mass is 16.2. The molecule has 2 aromatic carbocycles. The van der Waals surface area contributed by atoms with Gasteiger partial charge in [0, 0.05) is 18.5 Å². The first-order valence-corrected chi connectivity index (χ1v) is 8.88. The molecule has 4 rings (SSSR count). The van der Waals surface area contributed by atoms with Gasteiger partial charge >= 0.3 is 0 Å². The van der Waals surface area contributed by atoms with Crippen LogP contribution in [0.1, 0.15) is 40.6 Å². The van der Waals surface area contributed by atoms with Crippen LogP contribution in [0.2, 0.25) is 0 Å². The van der Waals surface area contributed by atoms with E-state index in [1.54, 1.807) is 0 Å². The molecule has 0 aromatic heterocycles. The Labute approximate surface area is 143 Å². The monoisotopic (exact) mass is 320 g/mol. The van der Waals surface area contributed by atoms with Gasteiger partial charge in [0.25, 0.3) is 0 Å². The Balaban J connectivity index is 1.36. The summed E-state index contributed by atoms with van der Waals surface area (Å²) in [4.78, 5) is 12.5. The zero-order chi connectivity index (χ0) is 16.5. The minimum absolute atomic E-state index is 0.143. The fourth-order valence-corrected chi connectivity index (χ4v) is 3.94. The Morgan fingerprint density at radius 2 is 1.88 bits per heavy atom. The average molecular weight is 320 g/mol. The predicted molar refractivity (Wildman–Crippen MR) is 95.9 cm³/mol. The van der Waals surface area contributed by atoms with Crippen LogP contribution in [0, 0.1) is 12.8 Å². The van der Waals surface area contributed by atoms with Gasteiger partial charge in [-0.2, -0.15) is 0 Å². The second-order valence-corrected chi connectivity index (χ2v) is 7.01. The maximum absolute atomic E-state index is 12.5. The van der Waals surface area contributed by atoms with Crippen LogP contribution >= 0.6 is 0 Å². The van der Waals surface area contributed by atoms with Crippen LogP contribution in [0.4, 0.5) is 0 Å². The lowest BCUT2D eigenvalue weighted by Crippen LogP contribution is -2.39. The molecule has 1 fully saturated rings. The van der Waals surface area contributed by atoms with Gasteiger partial charge in [0.1, 0.15) is 0 Å². The van der Waals surface area contributed by atoms with Crippen LogP contribution in [0.25, 0.3) is 0 Å². The summed E-state index contributed by atoms with van der Waals surface area (Å²) in [5, 5.41) is 6.70. The summed E-state index contributed by atoms with van der Waals surface area (Å²) in [7, 11) is 0. The van der Waals surface area contributed by atoms with Crippen molar-refractivity contribution in [3.63, 3.8) is 0 Å². The van der Waals surface area contributed by atoms with Crippen molar-refractivity contribution in [3.05, 3.63) is 70.8 Å². The summed E-state index contributed by atoms with van der Waals surface area (Å²) in [6.45, 7) is 3.78. The van der Waals surface area contributed by atoms with Crippen molar-refractivity contribution in [1.29, 1.82) is 0 Å². The smallest absolute Gasteiger partial charge is 0.223 e. The van der Waals surface area contributed by atoms with Gasteiger partial charge in [0.05, 0.1) is 0 Å². The standard InChI is InChI=1S/C21H24N2O/c1-14-6-2-4-8-16(14)18-12-19(18)21(24)23-13-20-17-9-5-3-7-15(17)10-11-22-20/h2-9,18-20,22H,10-13H2,1H3,(H,23,24). The lowest BCUT2D eigenvalue weighted by Gasteiger charge is -2.27. The number of rotatable bonds is 4. The Kier molecular flexibility index (Phi) is 4.11. The quantitative estimate of drug-likeness (QED) is 0.909. The largest absolute Gasteiger partial charge is 0.354 e. The van der Waals surface area contributed by atoms with E-state index in [4.69, 9.17) is 0 Å². The number of fused-ring (bicyclic) bond motifs is 1. The van der Waals surface area contributed by atoms with E-state index in [0.29, 0.717) is 12.5 Å². The van der Waals surface area contributed by atoms with Crippen LogP contribution in [-0.2, 0) is 11.2 Å². The fourth-order valence-electron chi connectivity index (χ4n) is 3.94. The number of aryl methyl sites for hydroxylation is 1. The summed E-state index contributed by atoms with van der Waals surface area (Å²) in [6.07, 6.45) is 2.05. The number of hydrogen-bond donors (Lipinski definition) is 2. The second-order valence-electron chi connectivity index (χ2n) is 7.01. The van der Waals surface area contributed by atoms with Crippen molar-refractivity contribution in [2.45, 2.75) is 31.7 Å². The molecule has 1 saturated carbocycles. The third kappa shape index (κ3) is 2.96. The minimum Gasteiger partial charge on any atom is -0.354 e. The normalized spacial score (nSPS) is 25.0. The molecule has 0 radical (unpaired) electrons. The van der Waals surface area contributed by atoms with Crippen LogP contribution in [0.3, 0.4) is 0 Å². The molecule has 124 valence electrons. The van der Waals surface area contributed by atoms with Crippen molar-refractivity contribution in [1.82, 2.24) is 10.6 Å². The first-order chi connectivity index (χ1) is 11.7. The molecule has 1 aliphatic heterocycles. The van der Waals surface area contributed by atoms with E-state index in [0.717, 1.165) is 19.4 Å². The molecule has 3 unspecified atom stereocenters. The number of carbonyl (C=O) groups is 1. The highest BCUT2D eigenvalue weighted by Gasteiger charge is 2.44. The Morgan fingerprint density at radius 3 is 2.71 bits per heavy atom. The number of carbonyl (C=O) groups excluding carboxylic acids is 1. The third-order valence-electron chi connectivity index (χ3n) is 5.41. The maximum atomic E-state index is 12.5. The molecule has 0 saturated heterocycles. The molecule has 3 heteroatoms. The topological polar surface area (TPSA) is 41.1 Å². The molecule has 2 aliphatic rings. The highest BCUT2D eigenvalue weighted by Crippen LogP contribution is 2.48. The van der Waals surface area contributed by atoms with Crippen molar-refractivity contribution >= 4 is 5.91 Å². The molecule has 1 amide bonds. The van der Waals surface area contributed by atoms with Gasteiger partial charge in [-0.15, -0.1) is 0 Å². The van der Waals surface area contributed by atoms with E-state index >= 15 is 0 Å². The van der Waals surface area contributed by atoms with Gasteiger partial charge in [-0.05, 0) is 54.5 Å². The number of amides is 1. The lowest BCUT2D eigenvalue weighted by atomic mass is 9.94. The van der Waals surface area contributed by atoms with E-state index in [2.05, 4.69) is 66.1 Å². The van der Waals surface area contributed by atoms with Gasteiger partial charge in [0.2, 0.25) is 5.91 Å². The van der Waals surface area contributed by atoms with Crippen LogP contribution in [0.15, 0.2) is 48.5 Å². The predicted octanol–water partition coefficient (Wildman–Crippen LogP) is 3.10. The number of benzene rings is 2. The van der Waals surface area contributed by atoms with E-state index in [1.165, 1.54) is 22.3 Å². The molecular formula is C21H24N2O. The van der Waals surface area contributed by atoms with E-state index in [-0.39, 0.29) is 17.9 Å². The zero-order valence-electron chi connectivity index (χ0n) is 14.1. The van der Waals surface area contributed by atoms with Crippen molar-refractivity contribution < 1.29 is 4.79 Å². The van der Waals surface area contributed by atoms with Crippen LogP contribution in [0.5, 0.6) is 0 Å². The van der Waals surface area contributed by atoms with Gasteiger partial charge in [0.15, 0.2) is 0 Å². The Hall–Kier alpha value is -2.13. The van der Waals surface area contributed by atoms with Crippen molar-refractivity contribution in [2.24, 2.45) is 5.92 Å². The number of hydrogen-bond acceptors (Lipinski definition) is 2. The summed E-state index contributed by atoms with van der Waals surface area (Å²) < 4.78 is 0. The van der Waals surface area contributed by atoms with Crippen molar-refractivity contribution in [2.75, 3.05) is 13.1 Å². The van der Waals surface area contributed by atoms with E-state index in [9.17, 15) is 4.79 Å². The molecule has 24 heavy (non-hydrogen) atoms. The van der Waals surface area contributed by atoms with Gasteiger partial charge in [-0.1, -0.05) is 48.5 Å². The molecular weight excluding hydrogens is 296 g/mol. The second kappa shape index (κ2) is 6.40. The summed E-state index contributed by atoms with van der Waals surface area (Å²) in [5.41, 5.74) is 5.36.